The number of hydrogen-bond acceptors (Lipinski definition) is 6. The zero-order valence-corrected chi connectivity index (χ0v) is 21.1. The van der Waals surface area contributed by atoms with Gasteiger partial charge in [0, 0.05) is 45.8 Å². The number of sulfonamides is 1. The third kappa shape index (κ3) is 6.16. The van der Waals surface area contributed by atoms with Crippen molar-refractivity contribution in [3.05, 3.63) is 24.0 Å². The monoisotopic (exact) mass is 490 g/mol. The van der Waals surface area contributed by atoms with Gasteiger partial charge in [-0.3, -0.25) is 14.6 Å². The maximum absolute atomic E-state index is 12.7. The van der Waals surface area contributed by atoms with Crippen LogP contribution in [-0.2, 0) is 27.9 Å². The van der Waals surface area contributed by atoms with E-state index in [0.29, 0.717) is 18.6 Å². The Balaban J connectivity index is 1.40. The summed E-state index contributed by atoms with van der Waals surface area (Å²) in [5, 5.41) is 5.32. The predicted molar refractivity (Wildman–Crippen MR) is 133 cm³/mol. The number of fused-ring (bicyclic) bond motifs is 1. The number of aromatic nitrogens is 2. The second-order valence-corrected chi connectivity index (χ2v) is 11.1. The Morgan fingerprint density at radius 2 is 1.68 bits per heavy atom. The molecule has 0 radical (unpaired) electrons. The number of unbranched alkanes of at least 4 members (excludes halogenated alkanes) is 1. The van der Waals surface area contributed by atoms with Crippen molar-refractivity contribution in [2.75, 3.05) is 45.8 Å². The molecule has 0 unspecified atom stereocenters. The number of rotatable bonds is 8. The van der Waals surface area contributed by atoms with Crippen molar-refractivity contribution in [2.45, 2.75) is 63.4 Å². The lowest BCUT2D eigenvalue weighted by atomic mass is 10.2. The van der Waals surface area contributed by atoms with Crippen LogP contribution < -0.4 is 5.14 Å². The molecule has 2 fully saturated rings. The van der Waals surface area contributed by atoms with Gasteiger partial charge in [0.2, 0.25) is 15.9 Å². The van der Waals surface area contributed by atoms with E-state index in [9.17, 15) is 13.2 Å². The highest BCUT2D eigenvalue weighted by Crippen LogP contribution is 2.22. The van der Waals surface area contributed by atoms with Crippen LogP contribution in [0.3, 0.4) is 0 Å². The van der Waals surface area contributed by atoms with Gasteiger partial charge in [0.15, 0.2) is 0 Å². The summed E-state index contributed by atoms with van der Waals surface area (Å²) >= 11 is 0. The minimum absolute atomic E-state index is 0.0920. The van der Waals surface area contributed by atoms with Gasteiger partial charge in [-0.05, 0) is 37.5 Å². The van der Waals surface area contributed by atoms with Crippen molar-refractivity contribution in [3.8, 4) is 0 Å². The van der Waals surface area contributed by atoms with Crippen molar-refractivity contribution in [2.24, 2.45) is 5.14 Å². The molecule has 1 aromatic heterocycles. The maximum atomic E-state index is 12.7. The van der Waals surface area contributed by atoms with Crippen LogP contribution in [-0.4, -0.2) is 84.4 Å². The van der Waals surface area contributed by atoms with Gasteiger partial charge in [0.05, 0.1) is 29.0 Å². The van der Waals surface area contributed by atoms with Gasteiger partial charge >= 0.3 is 0 Å². The first-order chi connectivity index (χ1) is 16.3. The second-order valence-electron chi connectivity index (χ2n) is 9.58. The Labute approximate surface area is 202 Å². The average molecular weight is 491 g/mol. The van der Waals surface area contributed by atoms with Gasteiger partial charge in [-0.15, -0.1) is 0 Å². The molecule has 188 valence electrons. The standard InChI is InChI=1S/C24H38N6O3S/c1-2-3-12-30-22-9-8-20(34(25,32)33)17-21(22)26-23(30)18-27-13-15-28(16-14-27)19-24(31)29-10-6-4-5-7-11-29/h8-9,17H,2-7,10-16,18-19H2,1H3,(H2,25,32,33). The van der Waals surface area contributed by atoms with Crippen LogP contribution in [0.4, 0.5) is 0 Å². The maximum Gasteiger partial charge on any atom is 0.238 e. The zero-order valence-electron chi connectivity index (χ0n) is 20.3. The summed E-state index contributed by atoms with van der Waals surface area (Å²) in [5.74, 6) is 1.21. The molecule has 2 aliphatic heterocycles. The number of piperazine rings is 1. The van der Waals surface area contributed by atoms with Gasteiger partial charge in [0.25, 0.3) is 0 Å². The summed E-state index contributed by atoms with van der Waals surface area (Å²) in [6.45, 7) is 9.52. The van der Waals surface area contributed by atoms with E-state index in [-0.39, 0.29) is 10.8 Å². The number of benzene rings is 1. The third-order valence-electron chi connectivity index (χ3n) is 7.01. The third-order valence-corrected chi connectivity index (χ3v) is 7.92. The number of likely N-dealkylation sites (tertiary alicyclic amines) is 1. The van der Waals surface area contributed by atoms with Crippen LogP contribution in [0.25, 0.3) is 11.0 Å². The van der Waals surface area contributed by atoms with E-state index in [4.69, 9.17) is 10.1 Å². The fraction of sp³-hybridized carbons (Fsp3) is 0.667. The highest BCUT2D eigenvalue weighted by Gasteiger charge is 2.24. The molecule has 0 atom stereocenters. The summed E-state index contributed by atoms with van der Waals surface area (Å²) < 4.78 is 25.8. The van der Waals surface area contributed by atoms with Crippen molar-refractivity contribution in [3.63, 3.8) is 0 Å². The van der Waals surface area contributed by atoms with Crippen LogP contribution in [0.15, 0.2) is 23.1 Å². The van der Waals surface area contributed by atoms with Crippen LogP contribution >= 0.6 is 0 Å². The summed E-state index contributed by atoms with van der Waals surface area (Å²) in [7, 11) is -3.76. The molecule has 10 heteroatoms. The van der Waals surface area contributed by atoms with Crippen LogP contribution in [0.5, 0.6) is 0 Å². The first-order valence-electron chi connectivity index (χ1n) is 12.6. The van der Waals surface area contributed by atoms with E-state index >= 15 is 0 Å². The number of carbonyl (C=O) groups is 1. The lowest BCUT2D eigenvalue weighted by molar-refractivity contribution is -0.132. The van der Waals surface area contributed by atoms with Gasteiger partial charge in [0.1, 0.15) is 5.82 Å². The first-order valence-corrected chi connectivity index (χ1v) is 14.1. The minimum Gasteiger partial charge on any atom is -0.342 e. The number of nitrogens with zero attached hydrogens (tertiary/aromatic N) is 5. The number of hydrogen-bond donors (Lipinski definition) is 1. The van der Waals surface area contributed by atoms with Crippen molar-refractivity contribution in [1.82, 2.24) is 24.3 Å². The number of aryl methyl sites for hydroxylation is 1. The van der Waals surface area contributed by atoms with E-state index < -0.39 is 10.0 Å². The molecule has 0 saturated carbocycles. The fourth-order valence-electron chi connectivity index (χ4n) is 4.94. The summed E-state index contributed by atoms with van der Waals surface area (Å²) in [5.41, 5.74) is 1.61. The second kappa shape index (κ2) is 11.2. The summed E-state index contributed by atoms with van der Waals surface area (Å²) in [6.07, 6.45) is 6.80. The van der Waals surface area contributed by atoms with E-state index in [1.54, 1.807) is 12.1 Å². The quantitative estimate of drug-likeness (QED) is 0.607. The van der Waals surface area contributed by atoms with Gasteiger partial charge in [-0.2, -0.15) is 0 Å². The molecule has 2 aliphatic rings. The lowest BCUT2D eigenvalue weighted by Gasteiger charge is -2.35. The van der Waals surface area contributed by atoms with E-state index in [1.165, 1.54) is 12.8 Å². The Morgan fingerprint density at radius 3 is 2.32 bits per heavy atom. The molecule has 3 heterocycles. The molecule has 0 aliphatic carbocycles. The highest BCUT2D eigenvalue weighted by molar-refractivity contribution is 7.89. The highest BCUT2D eigenvalue weighted by atomic mass is 32.2. The van der Waals surface area contributed by atoms with Crippen molar-refractivity contribution in [1.29, 1.82) is 0 Å². The Morgan fingerprint density at radius 1 is 1.00 bits per heavy atom. The Hall–Kier alpha value is -2.01. The lowest BCUT2D eigenvalue weighted by Crippen LogP contribution is -2.50. The Bertz CT molecular complexity index is 1080. The minimum atomic E-state index is -3.76. The molecular formula is C24H38N6O3S. The molecule has 0 spiro atoms. The number of amides is 1. The molecule has 2 N–H and O–H groups in total. The van der Waals surface area contributed by atoms with Crippen LogP contribution in [0, 0.1) is 0 Å². The van der Waals surface area contributed by atoms with Crippen molar-refractivity contribution < 1.29 is 13.2 Å². The SMILES string of the molecule is CCCCn1c(CN2CCN(CC(=O)N3CCCCCC3)CC2)nc2cc(S(N)(=O)=O)ccc21. The summed E-state index contributed by atoms with van der Waals surface area (Å²) in [4.78, 5) is 24.3. The molecule has 4 rings (SSSR count). The fourth-order valence-corrected chi connectivity index (χ4v) is 5.47. The van der Waals surface area contributed by atoms with E-state index in [1.807, 2.05) is 11.0 Å². The van der Waals surface area contributed by atoms with Gasteiger partial charge in [-0.1, -0.05) is 26.2 Å². The van der Waals surface area contributed by atoms with Crippen LogP contribution in [0.2, 0.25) is 0 Å². The van der Waals surface area contributed by atoms with E-state index in [2.05, 4.69) is 21.3 Å². The number of nitrogens with two attached hydrogens (primary N) is 1. The molecule has 2 aromatic rings. The molecule has 2 saturated heterocycles. The van der Waals surface area contributed by atoms with Crippen LogP contribution in [0.1, 0.15) is 51.3 Å². The molecule has 9 nitrogen and oxygen atoms in total. The first kappa shape index (κ1) is 25.1. The number of primary sulfonamides is 1. The smallest absolute Gasteiger partial charge is 0.238 e. The average Bonchev–Trinajstić information content (AvgIpc) is 2.96. The normalized spacial score (nSPS) is 18.9. The topological polar surface area (TPSA) is 105 Å². The van der Waals surface area contributed by atoms with Gasteiger partial charge in [-0.25, -0.2) is 18.5 Å². The zero-order chi connectivity index (χ0) is 24.1. The molecule has 34 heavy (non-hydrogen) atoms. The Kier molecular flexibility index (Phi) is 8.23. The van der Waals surface area contributed by atoms with Gasteiger partial charge < -0.3 is 9.47 Å². The summed E-state index contributed by atoms with van der Waals surface area (Å²) in [6, 6.07) is 4.95. The van der Waals surface area contributed by atoms with E-state index in [0.717, 1.165) is 82.8 Å². The number of carbonyl (C=O) groups excluding carboxylic acids is 1. The molecule has 0 bridgehead atoms. The molecule has 1 amide bonds. The predicted octanol–water partition coefficient (Wildman–Crippen LogP) is 2.00. The molecule has 1 aromatic carbocycles. The number of imidazole rings is 1. The van der Waals surface area contributed by atoms with Crippen molar-refractivity contribution >= 4 is 27.0 Å². The molecular weight excluding hydrogens is 452 g/mol. The largest absolute Gasteiger partial charge is 0.342 e.